The molecule has 1 fully saturated rings. The van der Waals surface area contributed by atoms with E-state index in [1.54, 1.807) is 37.3 Å². The number of hydrogen-bond donors (Lipinski definition) is 0. The van der Waals surface area contributed by atoms with Crippen LogP contribution in [0.15, 0.2) is 47.9 Å². The van der Waals surface area contributed by atoms with Gasteiger partial charge in [0.15, 0.2) is 15.0 Å². The molecule has 4 nitrogen and oxygen atoms in total. The Labute approximate surface area is 196 Å². The van der Waals surface area contributed by atoms with Gasteiger partial charge in [-0.3, -0.25) is 0 Å². The zero-order chi connectivity index (χ0) is 21.5. The third-order valence-electron chi connectivity index (χ3n) is 5.56. The summed E-state index contributed by atoms with van der Waals surface area (Å²) in [5, 5.41) is 2.87. The monoisotopic (exact) mass is 502 g/mol. The molecule has 1 aliphatic carbocycles. The topological polar surface area (TPSA) is 50.3 Å². The number of allylic oxidation sites excluding steroid dienone is 3. The molecule has 2 atom stereocenters. The second kappa shape index (κ2) is 8.47. The number of nitrogens with zero attached hydrogens (tertiary/aromatic N) is 2. The maximum atomic E-state index is 13.2. The molecule has 2 unspecified atom stereocenters. The highest BCUT2D eigenvalue weighted by molar-refractivity contribution is 7.93. The molecule has 0 saturated carbocycles. The van der Waals surface area contributed by atoms with E-state index in [0.717, 1.165) is 16.4 Å². The molecule has 2 aliphatic rings. The second-order valence-corrected chi connectivity index (χ2v) is 12.6. The fourth-order valence-electron chi connectivity index (χ4n) is 3.95. The van der Waals surface area contributed by atoms with Gasteiger partial charge >= 0.3 is 0 Å². The molecule has 1 aromatic carbocycles. The Morgan fingerprint density at radius 1 is 1.13 bits per heavy atom. The van der Waals surface area contributed by atoms with Gasteiger partial charge in [0.25, 0.3) is 0 Å². The molecule has 0 amide bonds. The van der Waals surface area contributed by atoms with Crippen molar-refractivity contribution in [3.8, 4) is 11.3 Å². The summed E-state index contributed by atoms with van der Waals surface area (Å²) < 4.78 is 26.5. The summed E-state index contributed by atoms with van der Waals surface area (Å²) in [6, 6.07) is 5.36. The quantitative estimate of drug-likeness (QED) is 0.481. The number of aromatic nitrogens is 1. The Morgan fingerprint density at radius 2 is 1.80 bits per heavy atom. The fourth-order valence-corrected chi connectivity index (χ4v) is 8.20. The molecule has 1 saturated heterocycles. The van der Waals surface area contributed by atoms with Gasteiger partial charge in [-0.05, 0) is 38.0 Å². The molecular formula is C21H21Cl3N2O2S2. The molecule has 0 N–H and O–H groups in total. The van der Waals surface area contributed by atoms with Crippen molar-refractivity contribution in [2.45, 2.75) is 35.1 Å². The third kappa shape index (κ3) is 4.44. The first-order valence-corrected chi connectivity index (χ1v) is 13.2. The highest BCUT2D eigenvalue weighted by atomic mass is 35.5. The van der Waals surface area contributed by atoms with Crippen LogP contribution in [0.5, 0.6) is 0 Å². The third-order valence-corrected chi connectivity index (χ3v) is 10.1. The van der Waals surface area contributed by atoms with Crippen LogP contribution in [-0.2, 0) is 9.84 Å². The zero-order valence-corrected chi connectivity index (χ0v) is 20.2. The smallest absolute Gasteiger partial charge is 0.185 e. The number of thiazole rings is 1. The van der Waals surface area contributed by atoms with Crippen LogP contribution in [0.2, 0.25) is 10.0 Å². The van der Waals surface area contributed by atoms with Crippen molar-refractivity contribution in [1.29, 1.82) is 0 Å². The normalized spacial score (nSPS) is 25.1. The fraction of sp³-hybridized carbons (Fsp3) is 0.381. The Bertz CT molecular complexity index is 1080. The number of benzene rings is 1. The molecule has 1 aliphatic heterocycles. The number of hydrogen-bond acceptors (Lipinski definition) is 5. The van der Waals surface area contributed by atoms with Gasteiger partial charge in [-0.1, -0.05) is 47.5 Å². The van der Waals surface area contributed by atoms with Crippen LogP contribution in [0.25, 0.3) is 11.3 Å². The molecule has 0 bridgehead atoms. The predicted octanol–water partition coefficient (Wildman–Crippen LogP) is 5.99. The first kappa shape index (κ1) is 22.2. The van der Waals surface area contributed by atoms with E-state index >= 15 is 0 Å². The first-order chi connectivity index (χ1) is 14.2. The number of halogens is 3. The Hall–Kier alpha value is -1.05. The van der Waals surface area contributed by atoms with Gasteiger partial charge in [-0.2, -0.15) is 0 Å². The summed E-state index contributed by atoms with van der Waals surface area (Å²) in [7, 11) is -3.39. The van der Waals surface area contributed by atoms with Crippen molar-refractivity contribution in [2.75, 3.05) is 18.0 Å². The number of piperidine rings is 1. The molecular weight excluding hydrogens is 483 g/mol. The van der Waals surface area contributed by atoms with E-state index in [1.807, 2.05) is 17.5 Å². The van der Waals surface area contributed by atoms with E-state index in [4.69, 9.17) is 39.8 Å². The maximum Gasteiger partial charge on any atom is 0.185 e. The number of anilines is 1. The van der Waals surface area contributed by atoms with Crippen LogP contribution >= 0.6 is 46.1 Å². The van der Waals surface area contributed by atoms with Gasteiger partial charge in [0.2, 0.25) is 0 Å². The lowest BCUT2D eigenvalue weighted by atomic mass is 10.0. The number of rotatable bonds is 4. The average molecular weight is 504 g/mol. The Kier molecular flexibility index (Phi) is 6.26. The summed E-state index contributed by atoms with van der Waals surface area (Å²) in [5.74, 6) is 0. The summed E-state index contributed by atoms with van der Waals surface area (Å²) in [5.41, 5.74) is 1.68. The van der Waals surface area contributed by atoms with Crippen LogP contribution in [-0.4, -0.2) is 41.9 Å². The van der Waals surface area contributed by atoms with E-state index < -0.39 is 25.2 Å². The lowest BCUT2D eigenvalue weighted by molar-refractivity contribution is 0.518. The molecule has 30 heavy (non-hydrogen) atoms. The molecule has 1 aromatic heterocycles. The molecule has 0 spiro atoms. The van der Waals surface area contributed by atoms with Gasteiger partial charge < -0.3 is 4.90 Å². The van der Waals surface area contributed by atoms with Crippen LogP contribution in [0.3, 0.4) is 0 Å². The molecule has 4 rings (SSSR count). The molecule has 9 heteroatoms. The maximum absolute atomic E-state index is 13.2. The van der Waals surface area contributed by atoms with Gasteiger partial charge in [-0.25, -0.2) is 13.4 Å². The van der Waals surface area contributed by atoms with Gasteiger partial charge in [0, 0.05) is 34.1 Å². The van der Waals surface area contributed by atoms with E-state index in [1.165, 1.54) is 11.3 Å². The minimum atomic E-state index is -3.39. The molecule has 0 radical (unpaired) electrons. The van der Waals surface area contributed by atoms with Crippen molar-refractivity contribution in [3.05, 3.63) is 57.9 Å². The summed E-state index contributed by atoms with van der Waals surface area (Å²) in [4.78, 5) is 5.95. The van der Waals surface area contributed by atoms with Crippen LogP contribution in [0, 0.1) is 0 Å². The standard InChI is InChI=1S/C21H21Cl3N2O2S2/c1-21(24)7-3-2-4-19(21)30(27,28)17-5-8-26(9-6-17)20-25-18(13-29-20)14-10-15(22)12-16(23)11-14/h2-4,7,10-13,17,19H,5-6,8-9H2,1H3. The van der Waals surface area contributed by atoms with Crippen LogP contribution in [0.1, 0.15) is 19.8 Å². The minimum Gasteiger partial charge on any atom is -0.348 e. The van der Waals surface area contributed by atoms with Gasteiger partial charge in [0.1, 0.15) is 5.25 Å². The number of alkyl halides is 1. The summed E-state index contributed by atoms with van der Waals surface area (Å²) in [6.45, 7) is 3.03. The number of sulfone groups is 1. The highest BCUT2D eigenvalue weighted by Crippen LogP contribution is 2.36. The largest absolute Gasteiger partial charge is 0.348 e. The zero-order valence-electron chi connectivity index (χ0n) is 16.3. The lowest BCUT2D eigenvalue weighted by Crippen LogP contribution is -2.47. The second-order valence-electron chi connectivity index (χ2n) is 7.76. The Morgan fingerprint density at radius 3 is 2.43 bits per heavy atom. The van der Waals surface area contributed by atoms with Crippen LogP contribution < -0.4 is 4.90 Å². The van der Waals surface area contributed by atoms with E-state index in [0.29, 0.717) is 36.0 Å². The predicted molar refractivity (Wildman–Crippen MR) is 128 cm³/mol. The van der Waals surface area contributed by atoms with E-state index in [9.17, 15) is 8.42 Å². The first-order valence-electron chi connectivity index (χ1n) is 9.61. The van der Waals surface area contributed by atoms with Crippen molar-refractivity contribution >= 4 is 61.1 Å². The highest BCUT2D eigenvalue weighted by Gasteiger charge is 2.44. The Balaban J connectivity index is 1.46. The van der Waals surface area contributed by atoms with Gasteiger partial charge in [-0.15, -0.1) is 22.9 Å². The summed E-state index contributed by atoms with van der Waals surface area (Å²) >= 11 is 20.2. The van der Waals surface area contributed by atoms with E-state index in [-0.39, 0.29) is 0 Å². The minimum absolute atomic E-state index is 0.404. The van der Waals surface area contributed by atoms with Crippen molar-refractivity contribution in [2.24, 2.45) is 0 Å². The summed E-state index contributed by atoms with van der Waals surface area (Å²) in [6.07, 6.45) is 8.14. The SMILES string of the molecule is CC1(Cl)C=CC=CC1S(=O)(=O)C1CCN(c2nc(-c3cc(Cl)cc(Cl)c3)cs2)CC1. The van der Waals surface area contributed by atoms with E-state index in [2.05, 4.69) is 4.90 Å². The van der Waals surface area contributed by atoms with Crippen molar-refractivity contribution in [3.63, 3.8) is 0 Å². The van der Waals surface area contributed by atoms with Crippen molar-refractivity contribution in [1.82, 2.24) is 4.98 Å². The lowest BCUT2D eigenvalue weighted by Gasteiger charge is -2.36. The molecule has 2 heterocycles. The van der Waals surface area contributed by atoms with Crippen LogP contribution in [0.4, 0.5) is 5.13 Å². The average Bonchev–Trinajstić information content (AvgIpc) is 3.17. The van der Waals surface area contributed by atoms with Gasteiger partial charge in [0.05, 0.1) is 15.8 Å². The molecule has 2 aromatic rings. The van der Waals surface area contributed by atoms with Crippen molar-refractivity contribution < 1.29 is 8.42 Å². The molecule has 160 valence electrons.